The molecule has 1 aromatic carbocycles. The molecule has 188 valence electrons. The Hall–Kier alpha value is -2.95. The van der Waals surface area contributed by atoms with Gasteiger partial charge >= 0.3 is 0 Å². The Morgan fingerprint density at radius 1 is 1.17 bits per heavy atom. The third kappa shape index (κ3) is 5.05. The number of hydrogen-bond acceptors (Lipinski definition) is 7. The lowest BCUT2D eigenvalue weighted by atomic mass is 9.78. The Balaban J connectivity index is 1.61. The number of aromatic nitrogens is 2. The highest BCUT2D eigenvalue weighted by molar-refractivity contribution is 7.91. The van der Waals surface area contributed by atoms with Gasteiger partial charge in [0.15, 0.2) is 12.4 Å². The Labute approximate surface area is 202 Å². The van der Waals surface area contributed by atoms with E-state index in [0.717, 1.165) is 0 Å². The minimum absolute atomic E-state index is 0.0106. The van der Waals surface area contributed by atoms with Gasteiger partial charge in [0.25, 0.3) is 6.43 Å². The molecule has 0 aliphatic carbocycles. The molecule has 0 spiro atoms. The van der Waals surface area contributed by atoms with Gasteiger partial charge < -0.3 is 4.74 Å². The summed E-state index contributed by atoms with van der Waals surface area (Å²) in [5.74, 6) is -0.371. The molecule has 4 rings (SSSR count). The van der Waals surface area contributed by atoms with Gasteiger partial charge in [0.2, 0.25) is 17.7 Å². The summed E-state index contributed by atoms with van der Waals surface area (Å²) in [6.45, 7) is 4.56. The SMILES string of the molecule is CC1(CC(=O)c2ccc3c(c2)C(C)(C)C(=O)N3c2nccc(OCC(F)F)n2)CCS(=O)(=O)CC1. The quantitative estimate of drug-likeness (QED) is 0.524. The number of carbonyl (C=O) groups excluding carboxylic acids is 2. The number of halogens is 2. The van der Waals surface area contributed by atoms with Crippen molar-refractivity contribution in [3.63, 3.8) is 0 Å². The molecule has 0 saturated carbocycles. The van der Waals surface area contributed by atoms with Gasteiger partial charge in [-0.15, -0.1) is 0 Å². The van der Waals surface area contributed by atoms with Gasteiger partial charge in [0.05, 0.1) is 22.6 Å². The first kappa shape index (κ1) is 25.2. The topological polar surface area (TPSA) is 107 Å². The maximum absolute atomic E-state index is 13.3. The summed E-state index contributed by atoms with van der Waals surface area (Å²) >= 11 is 0. The molecule has 35 heavy (non-hydrogen) atoms. The van der Waals surface area contributed by atoms with Crippen LogP contribution in [0.1, 0.15) is 56.0 Å². The highest BCUT2D eigenvalue weighted by Crippen LogP contribution is 2.45. The fourth-order valence-corrected chi connectivity index (χ4v) is 6.29. The molecular formula is C24H27F2N3O5S. The third-order valence-electron chi connectivity index (χ3n) is 6.77. The monoisotopic (exact) mass is 507 g/mol. The first-order valence-electron chi connectivity index (χ1n) is 11.3. The molecule has 3 heterocycles. The van der Waals surface area contributed by atoms with Crippen LogP contribution >= 0.6 is 0 Å². The van der Waals surface area contributed by atoms with E-state index in [9.17, 15) is 26.8 Å². The summed E-state index contributed by atoms with van der Waals surface area (Å²) < 4.78 is 53.5. The summed E-state index contributed by atoms with van der Waals surface area (Å²) in [4.78, 5) is 36.0. The average Bonchev–Trinajstić information content (AvgIpc) is 3.00. The van der Waals surface area contributed by atoms with Gasteiger partial charge in [-0.1, -0.05) is 6.92 Å². The van der Waals surface area contributed by atoms with Crippen LogP contribution < -0.4 is 9.64 Å². The second-order valence-corrected chi connectivity index (χ2v) is 12.3. The van der Waals surface area contributed by atoms with E-state index in [-0.39, 0.29) is 41.4 Å². The fraction of sp³-hybridized carbons (Fsp3) is 0.500. The molecule has 0 N–H and O–H groups in total. The zero-order valence-corrected chi connectivity index (χ0v) is 20.6. The van der Waals surface area contributed by atoms with E-state index in [2.05, 4.69) is 9.97 Å². The number of hydrogen-bond donors (Lipinski definition) is 0. The summed E-state index contributed by atoms with van der Waals surface area (Å²) in [7, 11) is -3.04. The zero-order valence-electron chi connectivity index (χ0n) is 19.8. The van der Waals surface area contributed by atoms with Crippen molar-refractivity contribution in [2.75, 3.05) is 23.0 Å². The summed E-state index contributed by atoms with van der Waals surface area (Å²) in [5, 5.41) is 0. The van der Waals surface area contributed by atoms with Crippen LogP contribution in [0.2, 0.25) is 0 Å². The Morgan fingerprint density at radius 2 is 1.86 bits per heavy atom. The first-order chi connectivity index (χ1) is 16.3. The molecule has 2 aromatic rings. The van der Waals surface area contributed by atoms with Crippen LogP contribution in [0.15, 0.2) is 30.5 Å². The number of amides is 1. The number of ketones is 1. The molecule has 0 radical (unpaired) electrons. The van der Waals surface area contributed by atoms with E-state index >= 15 is 0 Å². The van der Waals surface area contributed by atoms with E-state index in [0.29, 0.717) is 29.7 Å². The van der Waals surface area contributed by atoms with Crippen molar-refractivity contribution in [3.05, 3.63) is 41.6 Å². The number of carbonyl (C=O) groups is 2. The number of fused-ring (bicyclic) bond motifs is 1. The van der Waals surface area contributed by atoms with E-state index in [1.807, 2.05) is 6.92 Å². The van der Waals surface area contributed by atoms with Crippen LogP contribution in [-0.4, -0.2) is 54.6 Å². The van der Waals surface area contributed by atoms with Crippen molar-refractivity contribution in [2.24, 2.45) is 5.41 Å². The maximum Gasteiger partial charge on any atom is 0.272 e. The van der Waals surface area contributed by atoms with Gasteiger partial charge in [-0.05, 0) is 55.9 Å². The largest absolute Gasteiger partial charge is 0.471 e. The Kier molecular flexibility index (Phi) is 6.41. The van der Waals surface area contributed by atoms with Crippen molar-refractivity contribution in [2.45, 2.75) is 51.9 Å². The van der Waals surface area contributed by atoms with Crippen molar-refractivity contribution in [1.82, 2.24) is 9.97 Å². The second kappa shape index (κ2) is 8.92. The number of rotatable bonds is 7. The molecule has 1 aromatic heterocycles. The van der Waals surface area contributed by atoms with Crippen LogP contribution in [-0.2, 0) is 20.0 Å². The molecule has 8 nitrogen and oxygen atoms in total. The Bertz CT molecular complexity index is 1270. The number of anilines is 2. The minimum atomic E-state index is -3.04. The molecule has 0 unspecified atom stereocenters. The van der Waals surface area contributed by atoms with Crippen molar-refractivity contribution in [3.8, 4) is 5.88 Å². The van der Waals surface area contributed by atoms with Gasteiger partial charge in [0.1, 0.15) is 9.84 Å². The molecule has 0 bridgehead atoms. The van der Waals surface area contributed by atoms with Crippen LogP contribution in [0.5, 0.6) is 5.88 Å². The Morgan fingerprint density at radius 3 is 2.51 bits per heavy atom. The molecule has 0 atom stereocenters. The van der Waals surface area contributed by atoms with E-state index in [1.165, 1.54) is 17.2 Å². The number of benzene rings is 1. The van der Waals surface area contributed by atoms with Gasteiger partial charge in [-0.3, -0.25) is 9.59 Å². The van der Waals surface area contributed by atoms with Gasteiger partial charge in [-0.2, -0.15) is 4.98 Å². The zero-order chi connectivity index (χ0) is 25.6. The van der Waals surface area contributed by atoms with Crippen molar-refractivity contribution >= 4 is 33.2 Å². The number of sulfone groups is 1. The molecule has 11 heteroatoms. The smallest absolute Gasteiger partial charge is 0.272 e. The molecule has 1 fully saturated rings. The highest BCUT2D eigenvalue weighted by atomic mass is 32.2. The van der Waals surface area contributed by atoms with Crippen LogP contribution in [0.3, 0.4) is 0 Å². The maximum atomic E-state index is 13.3. The predicted molar refractivity (Wildman–Crippen MR) is 125 cm³/mol. The normalized spacial score (nSPS) is 20.1. The van der Waals surface area contributed by atoms with E-state index in [1.54, 1.807) is 32.0 Å². The molecular weight excluding hydrogens is 480 g/mol. The summed E-state index contributed by atoms with van der Waals surface area (Å²) in [6.07, 6.45) is -0.259. The number of alkyl halides is 2. The number of nitrogens with zero attached hydrogens (tertiary/aromatic N) is 3. The van der Waals surface area contributed by atoms with Crippen LogP contribution in [0, 0.1) is 5.41 Å². The molecule has 1 saturated heterocycles. The highest BCUT2D eigenvalue weighted by Gasteiger charge is 2.46. The van der Waals surface area contributed by atoms with Crippen molar-refractivity contribution in [1.29, 1.82) is 0 Å². The molecule has 1 amide bonds. The minimum Gasteiger partial charge on any atom is -0.471 e. The van der Waals surface area contributed by atoms with Gasteiger partial charge in [-0.25, -0.2) is 27.1 Å². The van der Waals surface area contributed by atoms with Crippen molar-refractivity contribution < 1.29 is 31.5 Å². The summed E-state index contributed by atoms with van der Waals surface area (Å²) in [6, 6.07) is 6.30. The third-order valence-corrected chi connectivity index (χ3v) is 8.42. The van der Waals surface area contributed by atoms with E-state index < -0.39 is 33.7 Å². The van der Waals surface area contributed by atoms with Crippen LogP contribution in [0.4, 0.5) is 20.4 Å². The average molecular weight is 508 g/mol. The van der Waals surface area contributed by atoms with Crippen LogP contribution in [0.25, 0.3) is 0 Å². The lowest BCUT2D eigenvalue weighted by molar-refractivity contribution is -0.121. The standard InChI is InChI=1S/C24H27F2N3O5S/c1-23(2)16-12-15(18(30)13-24(3)7-10-35(32,33)11-8-24)4-5-17(16)29(21(23)31)22-27-9-6-20(28-22)34-14-19(25)26/h4-6,9,12,19H,7-8,10-11,13-14H2,1-3H3. The fourth-order valence-electron chi connectivity index (χ4n) is 4.47. The second-order valence-electron chi connectivity index (χ2n) is 9.96. The van der Waals surface area contributed by atoms with Gasteiger partial charge in [0, 0.05) is 24.2 Å². The summed E-state index contributed by atoms with van der Waals surface area (Å²) in [5.41, 5.74) is 0.170. The predicted octanol–water partition coefficient (Wildman–Crippen LogP) is 3.86. The van der Waals surface area contributed by atoms with E-state index in [4.69, 9.17) is 4.74 Å². The lowest BCUT2D eigenvalue weighted by Crippen LogP contribution is -2.34. The molecule has 2 aliphatic rings. The number of Topliss-reactive ketones (excluding diaryl/α,β-unsaturated/α-hetero) is 1. The molecule has 2 aliphatic heterocycles. The first-order valence-corrected chi connectivity index (χ1v) is 13.1. The lowest BCUT2D eigenvalue weighted by Gasteiger charge is -2.32. The number of ether oxygens (including phenoxy) is 1.